The number of H-pyrrole nitrogens is 1. The van der Waals surface area contributed by atoms with Crippen molar-refractivity contribution in [2.45, 2.75) is 25.3 Å². The van der Waals surface area contributed by atoms with Crippen molar-refractivity contribution in [3.63, 3.8) is 0 Å². The van der Waals surface area contributed by atoms with Gasteiger partial charge in [0.2, 0.25) is 5.91 Å². The Morgan fingerprint density at radius 1 is 1.06 bits per heavy atom. The molecule has 4 heterocycles. The summed E-state index contributed by atoms with van der Waals surface area (Å²) >= 11 is 0. The van der Waals surface area contributed by atoms with E-state index in [-0.39, 0.29) is 11.9 Å². The third-order valence-electron chi connectivity index (χ3n) is 5.75. The Kier molecular flexibility index (Phi) is 5.85. The van der Waals surface area contributed by atoms with Gasteiger partial charge in [0.05, 0.1) is 29.3 Å². The molecule has 32 heavy (non-hydrogen) atoms. The predicted octanol–water partition coefficient (Wildman–Crippen LogP) is 2.91. The molecule has 1 fully saturated rings. The molecule has 5 rings (SSSR count). The van der Waals surface area contributed by atoms with Gasteiger partial charge in [0.15, 0.2) is 5.82 Å². The van der Waals surface area contributed by atoms with Gasteiger partial charge in [0.1, 0.15) is 11.5 Å². The monoisotopic (exact) mass is 427 g/mol. The summed E-state index contributed by atoms with van der Waals surface area (Å²) in [7, 11) is 0. The minimum Gasteiger partial charge on any atom is -0.355 e. The number of nitrogens with one attached hydrogen (secondary N) is 2. The zero-order valence-corrected chi connectivity index (χ0v) is 17.7. The van der Waals surface area contributed by atoms with Crippen LogP contribution >= 0.6 is 0 Å². The Bertz CT molecular complexity index is 1170. The molecule has 3 aromatic heterocycles. The first-order chi connectivity index (χ1) is 15.8. The number of fused-ring (bicyclic) bond motifs is 1. The number of imidazole rings is 1. The summed E-state index contributed by atoms with van der Waals surface area (Å²) in [5.74, 6) is 1.52. The number of nitrogens with zero attached hydrogens (tertiary/aromatic N) is 5. The number of rotatable bonds is 7. The fourth-order valence-corrected chi connectivity index (χ4v) is 4.21. The van der Waals surface area contributed by atoms with E-state index in [1.54, 1.807) is 12.4 Å². The highest BCUT2D eigenvalue weighted by molar-refractivity contribution is 5.78. The van der Waals surface area contributed by atoms with Crippen LogP contribution in [-0.4, -0.2) is 55.4 Å². The van der Waals surface area contributed by atoms with E-state index in [0.29, 0.717) is 25.3 Å². The van der Waals surface area contributed by atoms with Crippen molar-refractivity contribution in [1.29, 1.82) is 0 Å². The van der Waals surface area contributed by atoms with Gasteiger partial charge in [-0.3, -0.25) is 14.7 Å². The van der Waals surface area contributed by atoms with Gasteiger partial charge in [-0.05, 0) is 49.7 Å². The smallest absolute Gasteiger partial charge is 0.234 e. The number of amides is 1. The zero-order valence-electron chi connectivity index (χ0n) is 17.7. The second-order valence-electron chi connectivity index (χ2n) is 7.95. The Labute approximate surface area is 186 Å². The molecule has 1 aliphatic heterocycles. The van der Waals surface area contributed by atoms with Crippen molar-refractivity contribution < 1.29 is 4.79 Å². The summed E-state index contributed by atoms with van der Waals surface area (Å²) in [4.78, 5) is 36.1. The fraction of sp³-hybridized carbons (Fsp3) is 0.292. The number of pyridine rings is 1. The van der Waals surface area contributed by atoms with E-state index >= 15 is 0 Å². The number of carbonyl (C=O) groups excluding carboxylic acids is 1. The average Bonchev–Trinajstić information content (AvgIpc) is 3.46. The Morgan fingerprint density at radius 2 is 1.97 bits per heavy atom. The number of aromatic nitrogens is 5. The first kappa shape index (κ1) is 20.3. The second-order valence-corrected chi connectivity index (χ2v) is 7.95. The molecule has 162 valence electrons. The number of para-hydroxylation sites is 2. The molecule has 8 nitrogen and oxygen atoms in total. The SMILES string of the molecule is O=C(CN1CCC[C@@H]1c1ccnc(-c2ccccn2)n1)NCCc1nc2ccccc2[nH]1. The topological polar surface area (TPSA) is 99.7 Å². The molecule has 1 aromatic carbocycles. The van der Waals surface area contributed by atoms with E-state index in [9.17, 15) is 4.79 Å². The van der Waals surface area contributed by atoms with Crippen molar-refractivity contribution in [3.05, 3.63) is 72.4 Å². The lowest BCUT2D eigenvalue weighted by Crippen LogP contribution is -2.38. The van der Waals surface area contributed by atoms with E-state index in [1.165, 1.54) is 0 Å². The maximum Gasteiger partial charge on any atom is 0.234 e. The largest absolute Gasteiger partial charge is 0.355 e. The Morgan fingerprint density at radius 3 is 2.84 bits per heavy atom. The maximum atomic E-state index is 12.6. The molecule has 0 saturated carbocycles. The van der Waals surface area contributed by atoms with Gasteiger partial charge in [-0.2, -0.15) is 0 Å². The van der Waals surface area contributed by atoms with Gasteiger partial charge < -0.3 is 10.3 Å². The number of benzene rings is 1. The number of aromatic amines is 1. The summed E-state index contributed by atoms with van der Waals surface area (Å²) in [6.07, 6.45) is 6.20. The molecule has 1 amide bonds. The summed E-state index contributed by atoms with van der Waals surface area (Å²) in [6, 6.07) is 15.7. The maximum absolute atomic E-state index is 12.6. The molecule has 0 bridgehead atoms. The molecular formula is C24H25N7O. The van der Waals surface area contributed by atoms with Gasteiger partial charge in [0.25, 0.3) is 0 Å². The summed E-state index contributed by atoms with van der Waals surface area (Å²) in [5, 5.41) is 3.03. The summed E-state index contributed by atoms with van der Waals surface area (Å²) in [5.41, 5.74) is 3.66. The van der Waals surface area contributed by atoms with E-state index in [1.807, 2.05) is 48.5 Å². The van der Waals surface area contributed by atoms with E-state index < -0.39 is 0 Å². The average molecular weight is 428 g/mol. The van der Waals surface area contributed by atoms with Crippen LogP contribution in [0.3, 0.4) is 0 Å². The quantitative estimate of drug-likeness (QED) is 0.470. The van der Waals surface area contributed by atoms with E-state index in [2.05, 4.69) is 30.2 Å². The van der Waals surface area contributed by atoms with Gasteiger partial charge >= 0.3 is 0 Å². The summed E-state index contributed by atoms with van der Waals surface area (Å²) < 4.78 is 0. The van der Waals surface area contributed by atoms with Gasteiger partial charge in [0, 0.05) is 25.4 Å². The van der Waals surface area contributed by atoms with Crippen LogP contribution < -0.4 is 5.32 Å². The van der Waals surface area contributed by atoms with Crippen molar-refractivity contribution in [3.8, 4) is 11.5 Å². The molecule has 4 aromatic rings. The van der Waals surface area contributed by atoms with Crippen LogP contribution in [0.4, 0.5) is 0 Å². The lowest BCUT2D eigenvalue weighted by atomic mass is 10.1. The lowest BCUT2D eigenvalue weighted by molar-refractivity contribution is -0.122. The third-order valence-corrected chi connectivity index (χ3v) is 5.75. The van der Waals surface area contributed by atoms with Crippen molar-refractivity contribution in [2.24, 2.45) is 0 Å². The minimum absolute atomic E-state index is 0.0204. The summed E-state index contributed by atoms with van der Waals surface area (Å²) in [6.45, 7) is 1.78. The van der Waals surface area contributed by atoms with Crippen LogP contribution in [-0.2, 0) is 11.2 Å². The highest BCUT2D eigenvalue weighted by Crippen LogP contribution is 2.30. The van der Waals surface area contributed by atoms with Gasteiger partial charge in [-0.15, -0.1) is 0 Å². The number of hydrogen-bond donors (Lipinski definition) is 2. The van der Waals surface area contributed by atoms with E-state index in [4.69, 9.17) is 4.98 Å². The normalized spacial score (nSPS) is 16.4. The molecular weight excluding hydrogens is 402 g/mol. The number of hydrogen-bond acceptors (Lipinski definition) is 6. The van der Waals surface area contributed by atoms with Crippen LogP contribution in [0.5, 0.6) is 0 Å². The van der Waals surface area contributed by atoms with Gasteiger partial charge in [-0.1, -0.05) is 18.2 Å². The zero-order chi connectivity index (χ0) is 21.8. The van der Waals surface area contributed by atoms with Crippen LogP contribution in [0.1, 0.15) is 30.4 Å². The molecule has 1 saturated heterocycles. The van der Waals surface area contributed by atoms with Crippen LogP contribution in [0, 0.1) is 0 Å². The number of likely N-dealkylation sites (tertiary alicyclic amines) is 1. The molecule has 0 radical (unpaired) electrons. The number of carbonyl (C=O) groups is 1. The highest BCUT2D eigenvalue weighted by atomic mass is 16.2. The van der Waals surface area contributed by atoms with Crippen LogP contribution in [0.25, 0.3) is 22.6 Å². The third kappa shape index (κ3) is 4.50. The molecule has 0 unspecified atom stereocenters. The Balaban J connectivity index is 1.18. The second kappa shape index (κ2) is 9.23. The molecule has 1 atom stereocenters. The molecule has 8 heteroatoms. The van der Waals surface area contributed by atoms with Gasteiger partial charge in [-0.25, -0.2) is 15.0 Å². The van der Waals surface area contributed by atoms with Crippen LogP contribution in [0.15, 0.2) is 60.9 Å². The highest BCUT2D eigenvalue weighted by Gasteiger charge is 2.29. The minimum atomic E-state index is 0.0204. The Hall–Kier alpha value is -3.65. The van der Waals surface area contributed by atoms with Crippen molar-refractivity contribution >= 4 is 16.9 Å². The van der Waals surface area contributed by atoms with Crippen molar-refractivity contribution in [1.82, 2.24) is 35.1 Å². The standard InChI is InChI=1S/C24H25N7O/c32-23(26-14-11-22-28-17-6-1-2-7-18(17)29-22)16-31-15-5-9-21(31)19-10-13-27-24(30-19)20-8-3-4-12-25-20/h1-4,6-8,10,12-13,21H,5,9,11,14-16H2,(H,26,32)(H,28,29)/t21-/m1/s1. The first-order valence-corrected chi connectivity index (χ1v) is 10.9. The van der Waals surface area contributed by atoms with E-state index in [0.717, 1.165) is 47.6 Å². The predicted molar refractivity (Wildman–Crippen MR) is 122 cm³/mol. The fourth-order valence-electron chi connectivity index (χ4n) is 4.21. The first-order valence-electron chi connectivity index (χ1n) is 10.9. The molecule has 0 aliphatic carbocycles. The lowest BCUT2D eigenvalue weighted by Gasteiger charge is -2.23. The molecule has 1 aliphatic rings. The van der Waals surface area contributed by atoms with Crippen molar-refractivity contribution in [2.75, 3.05) is 19.6 Å². The molecule has 0 spiro atoms. The van der Waals surface area contributed by atoms with Crippen LogP contribution in [0.2, 0.25) is 0 Å². The molecule has 2 N–H and O–H groups in total.